The molecule has 2 amide bonds. The average Bonchev–Trinajstić information content (AvgIpc) is 3.16. The molecule has 6 heteroatoms. The number of carbonyl (C=O) groups is 1. The van der Waals surface area contributed by atoms with Crippen molar-refractivity contribution in [1.29, 1.82) is 0 Å². The number of rotatable bonds is 7. The second kappa shape index (κ2) is 6.95. The van der Waals surface area contributed by atoms with E-state index < -0.39 is 6.10 Å². The van der Waals surface area contributed by atoms with E-state index in [2.05, 4.69) is 5.32 Å². The van der Waals surface area contributed by atoms with Crippen LogP contribution in [0.1, 0.15) is 24.6 Å². The summed E-state index contributed by atoms with van der Waals surface area (Å²) in [6, 6.07) is 3.56. The highest BCUT2D eigenvalue weighted by Gasteiger charge is 2.31. The number of nitrogens with zero attached hydrogens (tertiary/aromatic N) is 2. The standard InChI is InChI=1S/C15H25N3O3/c1-17(2)12(14-5-4-8-21-14)9-16-15(20)18(3)10-13(19)11-6-7-11/h4-5,8,11-13,19H,6-7,9-10H2,1-3H3,(H,16,20). The van der Waals surface area contributed by atoms with Crippen molar-refractivity contribution in [3.63, 3.8) is 0 Å². The van der Waals surface area contributed by atoms with Crippen LogP contribution in [0.5, 0.6) is 0 Å². The third-order valence-corrected chi connectivity index (χ3v) is 3.92. The van der Waals surface area contributed by atoms with Crippen molar-refractivity contribution in [1.82, 2.24) is 15.1 Å². The van der Waals surface area contributed by atoms with Crippen molar-refractivity contribution in [2.45, 2.75) is 25.0 Å². The van der Waals surface area contributed by atoms with Crippen molar-refractivity contribution in [2.24, 2.45) is 5.92 Å². The van der Waals surface area contributed by atoms with E-state index in [1.54, 1.807) is 13.3 Å². The number of carbonyl (C=O) groups excluding carboxylic acids is 1. The van der Waals surface area contributed by atoms with Gasteiger partial charge in [0.2, 0.25) is 0 Å². The molecule has 2 rings (SSSR count). The fourth-order valence-corrected chi connectivity index (χ4v) is 2.33. The molecule has 1 aromatic heterocycles. The maximum atomic E-state index is 12.1. The molecule has 0 spiro atoms. The SMILES string of the molecule is CN(CC(O)C1CC1)C(=O)NCC(c1ccco1)N(C)C. The summed E-state index contributed by atoms with van der Waals surface area (Å²) in [4.78, 5) is 15.6. The number of urea groups is 1. The van der Waals surface area contributed by atoms with E-state index >= 15 is 0 Å². The minimum atomic E-state index is -0.407. The molecule has 0 saturated heterocycles. The van der Waals surface area contributed by atoms with Crippen molar-refractivity contribution in [2.75, 3.05) is 34.2 Å². The van der Waals surface area contributed by atoms with Crippen LogP contribution >= 0.6 is 0 Å². The van der Waals surface area contributed by atoms with Crippen LogP contribution in [-0.4, -0.2) is 61.3 Å². The summed E-state index contributed by atoms with van der Waals surface area (Å²) in [5.74, 6) is 1.19. The fourth-order valence-electron chi connectivity index (χ4n) is 2.33. The van der Waals surface area contributed by atoms with Crippen molar-refractivity contribution in [3.8, 4) is 0 Å². The predicted octanol–water partition coefficient (Wildman–Crippen LogP) is 1.29. The first-order chi connectivity index (χ1) is 9.99. The summed E-state index contributed by atoms with van der Waals surface area (Å²) < 4.78 is 5.41. The van der Waals surface area contributed by atoms with Crippen LogP contribution in [0.2, 0.25) is 0 Å². The average molecular weight is 295 g/mol. The molecule has 6 nitrogen and oxygen atoms in total. The lowest BCUT2D eigenvalue weighted by molar-refractivity contribution is 0.112. The minimum Gasteiger partial charge on any atom is -0.468 e. The summed E-state index contributed by atoms with van der Waals surface area (Å²) >= 11 is 0. The molecule has 0 radical (unpaired) electrons. The number of nitrogens with one attached hydrogen (secondary N) is 1. The molecule has 1 saturated carbocycles. The monoisotopic (exact) mass is 295 g/mol. The van der Waals surface area contributed by atoms with Crippen LogP contribution in [-0.2, 0) is 0 Å². The molecule has 2 unspecified atom stereocenters. The molecule has 1 fully saturated rings. The Morgan fingerprint density at radius 1 is 1.48 bits per heavy atom. The van der Waals surface area contributed by atoms with E-state index in [0.29, 0.717) is 19.0 Å². The van der Waals surface area contributed by atoms with E-state index in [4.69, 9.17) is 4.42 Å². The Hall–Kier alpha value is -1.53. The summed E-state index contributed by atoms with van der Waals surface area (Å²) in [7, 11) is 5.60. The third kappa shape index (κ3) is 4.47. The molecule has 2 N–H and O–H groups in total. The Labute approximate surface area is 125 Å². The maximum absolute atomic E-state index is 12.1. The van der Waals surface area contributed by atoms with Crippen molar-refractivity contribution < 1.29 is 14.3 Å². The van der Waals surface area contributed by atoms with Gasteiger partial charge in [-0.05, 0) is 45.0 Å². The van der Waals surface area contributed by atoms with Gasteiger partial charge in [0.1, 0.15) is 5.76 Å². The molecule has 0 bridgehead atoms. The highest BCUT2D eigenvalue weighted by Crippen LogP contribution is 2.32. The summed E-state index contributed by atoms with van der Waals surface area (Å²) in [6.07, 6.45) is 3.36. The molecule has 2 atom stereocenters. The van der Waals surface area contributed by atoms with Gasteiger partial charge in [0.05, 0.1) is 18.4 Å². The lowest BCUT2D eigenvalue weighted by Crippen LogP contribution is -2.44. The van der Waals surface area contributed by atoms with Gasteiger partial charge in [0.15, 0.2) is 0 Å². The number of likely N-dealkylation sites (N-methyl/N-ethyl adjacent to an activating group) is 2. The fraction of sp³-hybridized carbons (Fsp3) is 0.667. The number of hydrogen-bond acceptors (Lipinski definition) is 4. The number of hydrogen-bond donors (Lipinski definition) is 2. The molecule has 1 aliphatic rings. The van der Waals surface area contributed by atoms with Gasteiger partial charge in [-0.25, -0.2) is 4.79 Å². The van der Waals surface area contributed by atoms with E-state index in [1.807, 2.05) is 31.1 Å². The van der Waals surface area contributed by atoms with Crippen molar-refractivity contribution in [3.05, 3.63) is 24.2 Å². The van der Waals surface area contributed by atoms with E-state index in [1.165, 1.54) is 4.90 Å². The first-order valence-electron chi connectivity index (χ1n) is 7.36. The van der Waals surface area contributed by atoms with Gasteiger partial charge in [-0.15, -0.1) is 0 Å². The highest BCUT2D eigenvalue weighted by molar-refractivity contribution is 5.73. The van der Waals surface area contributed by atoms with Gasteiger partial charge in [0, 0.05) is 20.1 Å². The molecule has 0 aliphatic heterocycles. The zero-order chi connectivity index (χ0) is 15.4. The van der Waals surface area contributed by atoms with Gasteiger partial charge in [0.25, 0.3) is 0 Å². The van der Waals surface area contributed by atoms with Crippen LogP contribution in [0.3, 0.4) is 0 Å². The summed E-state index contributed by atoms with van der Waals surface area (Å²) in [5, 5.41) is 12.8. The Kier molecular flexibility index (Phi) is 5.25. The molecule has 1 aliphatic carbocycles. The zero-order valence-corrected chi connectivity index (χ0v) is 13.0. The smallest absolute Gasteiger partial charge is 0.317 e. The van der Waals surface area contributed by atoms with Gasteiger partial charge < -0.3 is 19.7 Å². The lowest BCUT2D eigenvalue weighted by atomic mass is 10.2. The quantitative estimate of drug-likeness (QED) is 0.795. The highest BCUT2D eigenvalue weighted by atomic mass is 16.3. The lowest BCUT2D eigenvalue weighted by Gasteiger charge is -2.25. The molecule has 0 aromatic carbocycles. The van der Waals surface area contributed by atoms with Crippen molar-refractivity contribution >= 4 is 6.03 Å². The first-order valence-corrected chi connectivity index (χ1v) is 7.36. The molecular formula is C15H25N3O3. The molecule has 1 aromatic rings. The molecule has 118 valence electrons. The van der Waals surface area contributed by atoms with Crippen LogP contribution in [0.4, 0.5) is 4.79 Å². The topological polar surface area (TPSA) is 69.0 Å². The maximum Gasteiger partial charge on any atom is 0.317 e. The van der Waals surface area contributed by atoms with Crippen LogP contribution < -0.4 is 5.32 Å². The molecular weight excluding hydrogens is 270 g/mol. The van der Waals surface area contributed by atoms with Gasteiger partial charge >= 0.3 is 6.03 Å². The number of amides is 2. The Balaban J connectivity index is 1.80. The van der Waals surface area contributed by atoms with E-state index in [0.717, 1.165) is 18.6 Å². The largest absolute Gasteiger partial charge is 0.468 e. The summed E-state index contributed by atoms with van der Waals surface area (Å²) in [6.45, 7) is 0.840. The van der Waals surface area contributed by atoms with Gasteiger partial charge in [-0.2, -0.15) is 0 Å². The number of aliphatic hydroxyl groups excluding tert-OH is 1. The Morgan fingerprint density at radius 2 is 2.19 bits per heavy atom. The second-order valence-electron chi connectivity index (χ2n) is 5.97. The normalized spacial score (nSPS) is 17.6. The van der Waals surface area contributed by atoms with E-state index in [-0.39, 0.29) is 12.1 Å². The number of aliphatic hydroxyl groups is 1. The Morgan fingerprint density at radius 3 is 2.71 bits per heavy atom. The first kappa shape index (κ1) is 15.9. The predicted molar refractivity (Wildman–Crippen MR) is 79.9 cm³/mol. The van der Waals surface area contributed by atoms with Gasteiger partial charge in [-0.3, -0.25) is 4.90 Å². The number of furan rings is 1. The van der Waals surface area contributed by atoms with E-state index in [9.17, 15) is 9.90 Å². The third-order valence-electron chi connectivity index (χ3n) is 3.92. The van der Waals surface area contributed by atoms with Gasteiger partial charge in [-0.1, -0.05) is 0 Å². The van der Waals surface area contributed by atoms with Crippen LogP contribution in [0, 0.1) is 5.92 Å². The Bertz CT molecular complexity index is 443. The second-order valence-corrected chi connectivity index (χ2v) is 5.97. The van der Waals surface area contributed by atoms with Crippen LogP contribution in [0.25, 0.3) is 0 Å². The molecule has 21 heavy (non-hydrogen) atoms. The summed E-state index contributed by atoms with van der Waals surface area (Å²) in [5.41, 5.74) is 0. The molecule has 1 heterocycles. The van der Waals surface area contributed by atoms with Crippen LogP contribution in [0.15, 0.2) is 22.8 Å². The zero-order valence-electron chi connectivity index (χ0n) is 13.0. The minimum absolute atomic E-state index is 0.00861.